The number of rotatable bonds is 10. The van der Waals surface area contributed by atoms with Crippen molar-refractivity contribution in [3.63, 3.8) is 0 Å². The molecule has 46 heavy (non-hydrogen) atoms. The monoisotopic (exact) mass is 656 g/mol. The van der Waals surface area contributed by atoms with E-state index in [9.17, 15) is 23.5 Å². The number of halogens is 2. The summed E-state index contributed by atoms with van der Waals surface area (Å²) < 4.78 is 40.1. The zero-order chi connectivity index (χ0) is 32.2. The van der Waals surface area contributed by atoms with Gasteiger partial charge in [0, 0.05) is 61.3 Å². The van der Waals surface area contributed by atoms with Crippen LogP contribution in [0.15, 0.2) is 53.9 Å². The molecule has 2 saturated heterocycles. The molecule has 0 saturated carbocycles. The zero-order valence-electron chi connectivity index (χ0n) is 25.1. The Hall–Kier alpha value is -4.12. The van der Waals surface area contributed by atoms with E-state index >= 15 is 0 Å². The van der Waals surface area contributed by atoms with Gasteiger partial charge < -0.3 is 24.8 Å². The molecule has 6 rings (SSSR count). The second-order valence-corrected chi connectivity index (χ2v) is 11.9. The lowest BCUT2D eigenvalue weighted by atomic mass is 10.0. The molecule has 0 aliphatic carbocycles. The Kier molecular flexibility index (Phi) is 9.77. The van der Waals surface area contributed by atoms with Gasteiger partial charge in [0.1, 0.15) is 23.6 Å². The molecule has 4 aromatic rings. The smallest absolute Gasteiger partial charge is 0.387 e. The summed E-state index contributed by atoms with van der Waals surface area (Å²) in [6.45, 7) is -0.0692. The van der Waals surface area contributed by atoms with Crippen LogP contribution in [0.1, 0.15) is 23.2 Å². The second-order valence-electron chi connectivity index (χ2n) is 11.0. The molecular weight excluding hydrogens is 622 g/mol. The van der Waals surface area contributed by atoms with Crippen molar-refractivity contribution in [2.75, 3.05) is 51.0 Å². The van der Waals surface area contributed by atoms with Gasteiger partial charge in [-0.3, -0.25) is 19.2 Å². The van der Waals surface area contributed by atoms with E-state index in [1.54, 1.807) is 35.5 Å². The number of morpholine rings is 1. The molecule has 0 bridgehead atoms. The fraction of sp³-hybridized carbons (Fsp3) is 0.433. The first kappa shape index (κ1) is 31.8. The van der Waals surface area contributed by atoms with Gasteiger partial charge in [-0.1, -0.05) is 0 Å². The largest absolute Gasteiger partial charge is 0.434 e. The number of hydrogen-bond donors (Lipinski definition) is 2. The minimum absolute atomic E-state index is 0.0183. The van der Waals surface area contributed by atoms with Crippen LogP contribution in [0, 0.1) is 0 Å². The molecule has 1 atom stereocenters. The average Bonchev–Trinajstić information content (AvgIpc) is 3.68. The third kappa shape index (κ3) is 6.99. The summed E-state index contributed by atoms with van der Waals surface area (Å²) in [5.41, 5.74) is 1.14. The van der Waals surface area contributed by atoms with Crippen LogP contribution in [0.4, 0.5) is 14.5 Å². The lowest BCUT2D eigenvalue weighted by Crippen LogP contribution is -2.53. The van der Waals surface area contributed by atoms with Gasteiger partial charge in [0.15, 0.2) is 5.65 Å². The number of nitrogens with one attached hydrogen (secondary N) is 1. The molecule has 16 heteroatoms. The maximum absolute atomic E-state index is 13.4. The number of aromatic nitrogens is 5. The molecular formula is C30H34F2N8O5S. The zero-order valence-corrected chi connectivity index (χ0v) is 25.9. The fourth-order valence-corrected chi connectivity index (χ4v) is 6.33. The van der Waals surface area contributed by atoms with Gasteiger partial charge in [0.2, 0.25) is 5.91 Å². The van der Waals surface area contributed by atoms with Crippen LogP contribution < -0.4 is 10.1 Å². The Bertz CT molecular complexity index is 1690. The highest BCUT2D eigenvalue weighted by Gasteiger charge is 2.31. The number of piperidine rings is 1. The number of hydrogen-bond acceptors (Lipinski definition) is 10. The van der Waals surface area contributed by atoms with E-state index < -0.39 is 12.5 Å². The molecule has 1 unspecified atom stereocenters. The van der Waals surface area contributed by atoms with E-state index in [1.807, 2.05) is 6.26 Å². The number of aliphatic hydroxyl groups is 1. The van der Waals surface area contributed by atoms with Crippen molar-refractivity contribution in [1.82, 2.24) is 34.2 Å². The highest BCUT2D eigenvalue weighted by atomic mass is 32.2. The molecule has 1 aromatic carbocycles. The van der Waals surface area contributed by atoms with Gasteiger partial charge in [0.05, 0.1) is 31.2 Å². The number of aliphatic hydroxyl groups excluding tert-OH is 1. The standard InChI is InChI=1S/C30H34F2N8O5S/c1-46-21-3-4-25(45-30(31)32)22(13-21)27-24(35-29(43)23-14-34-40-8-2-7-33-28(23)40)16-39(36-27)17-26(42)37-9-5-19(6-10-37)38-11-12-44-20(15-38)18-41/h2-4,7-8,13-14,16,19-20,30,41H,5-6,9-12,15,17-18H2,1H3,(H,35,43). The van der Waals surface area contributed by atoms with Crippen molar-refractivity contribution in [1.29, 1.82) is 0 Å². The number of anilines is 1. The van der Waals surface area contributed by atoms with Gasteiger partial charge in [-0.25, -0.2) is 9.50 Å². The van der Waals surface area contributed by atoms with E-state index in [0.717, 1.165) is 24.3 Å². The number of alkyl halides is 2. The van der Waals surface area contributed by atoms with E-state index in [1.165, 1.54) is 39.4 Å². The van der Waals surface area contributed by atoms with Crippen LogP contribution in [-0.2, 0) is 16.1 Å². The Morgan fingerprint density at radius 1 is 1.24 bits per heavy atom. The molecule has 2 amide bonds. The topological polar surface area (TPSA) is 139 Å². The summed E-state index contributed by atoms with van der Waals surface area (Å²) in [6.07, 6.45) is 9.33. The minimum atomic E-state index is -3.08. The summed E-state index contributed by atoms with van der Waals surface area (Å²) in [7, 11) is 0. The Balaban J connectivity index is 1.24. The normalized spacial score (nSPS) is 17.9. The third-order valence-corrected chi connectivity index (χ3v) is 8.92. The maximum atomic E-state index is 13.4. The summed E-state index contributed by atoms with van der Waals surface area (Å²) >= 11 is 1.40. The van der Waals surface area contributed by atoms with Gasteiger partial charge in [0.25, 0.3) is 5.91 Å². The maximum Gasteiger partial charge on any atom is 0.387 e. The van der Waals surface area contributed by atoms with Crippen molar-refractivity contribution in [3.8, 4) is 17.0 Å². The lowest BCUT2D eigenvalue weighted by molar-refractivity contribution is -0.134. The number of likely N-dealkylation sites (tertiary alicyclic amines) is 1. The van der Waals surface area contributed by atoms with Crippen LogP contribution in [0.25, 0.3) is 16.9 Å². The Morgan fingerprint density at radius 3 is 2.83 bits per heavy atom. The van der Waals surface area contributed by atoms with E-state index in [0.29, 0.717) is 37.9 Å². The number of nitrogens with zero attached hydrogens (tertiary/aromatic N) is 7. The highest BCUT2D eigenvalue weighted by Crippen LogP contribution is 2.38. The van der Waals surface area contributed by atoms with Crippen LogP contribution in [-0.4, -0.2) is 116 Å². The van der Waals surface area contributed by atoms with Gasteiger partial charge in [-0.05, 0) is 43.4 Å². The Morgan fingerprint density at radius 2 is 2.07 bits per heavy atom. The molecule has 5 heterocycles. The SMILES string of the molecule is CSc1ccc(OC(F)F)c(-c2nn(CC(=O)N3CCC(N4CCOC(CO)C4)CC3)cc2NC(=O)c2cnn3cccnc23)c1. The molecule has 244 valence electrons. The van der Waals surface area contributed by atoms with Crippen molar-refractivity contribution >= 4 is 34.9 Å². The third-order valence-electron chi connectivity index (χ3n) is 8.20. The summed E-state index contributed by atoms with van der Waals surface area (Å²) in [5, 5.41) is 21.1. The first-order valence-electron chi connectivity index (χ1n) is 14.9. The summed E-state index contributed by atoms with van der Waals surface area (Å²) in [5.74, 6) is -0.813. The van der Waals surface area contributed by atoms with Gasteiger partial charge in [-0.15, -0.1) is 11.8 Å². The summed E-state index contributed by atoms with van der Waals surface area (Å²) in [6, 6.07) is 6.72. The number of benzene rings is 1. The number of carbonyl (C=O) groups is 2. The van der Waals surface area contributed by atoms with Crippen LogP contribution in [0.3, 0.4) is 0 Å². The van der Waals surface area contributed by atoms with Crippen molar-refractivity contribution in [3.05, 3.63) is 54.6 Å². The first-order chi connectivity index (χ1) is 22.3. The number of carbonyl (C=O) groups excluding carboxylic acids is 2. The van der Waals surface area contributed by atoms with E-state index in [4.69, 9.17) is 9.47 Å². The molecule has 0 spiro atoms. The number of fused-ring (bicyclic) bond motifs is 1. The fourth-order valence-electron chi connectivity index (χ4n) is 5.89. The van der Waals surface area contributed by atoms with Crippen LogP contribution in [0.2, 0.25) is 0 Å². The highest BCUT2D eigenvalue weighted by molar-refractivity contribution is 7.98. The van der Waals surface area contributed by atoms with E-state index in [2.05, 4.69) is 25.4 Å². The quantitative estimate of drug-likeness (QED) is 0.245. The minimum Gasteiger partial charge on any atom is -0.434 e. The Labute approximate surface area is 267 Å². The van der Waals surface area contributed by atoms with Crippen LogP contribution in [0.5, 0.6) is 5.75 Å². The number of ether oxygens (including phenoxy) is 2. The first-order valence-corrected chi connectivity index (χ1v) is 16.1. The predicted molar refractivity (Wildman–Crippen MR) is 165 cm³/mol. The van der Waals surface area contributed by atoms with Crippen molar-refractivity contribution < 1.29 is 33.0 Å². The van der Waals surface area contributed by atoms with Crippen LogP contribution >= 0.6 is 11.8 Å². The summed E-state index contributed by atoms with van der Waals surface area (Å²) in [4.78, 5) is 36.0. The molecule has 2 aliphatic heterocycles. The number of amides is 2. The van der Waals surface area contributed by atoms with Crippen molar-refractivity contribution in [2.24, 2.45) is 0 Å². The lowest BCUT2D eigenvalue weighted by Gasteiger charge is -2.42. The molecule has 2 aliphatic rings. The molecule has 2 N–H and O–H groups in total. The number of thioether (sulfide) groups is 1. The molecule has 3 aromatic heterocycles. The van der Waals surface area contributed by atoms with Gasteiger partial charge in [-0.2, -0.15) is 19.0 Å². The molecule has 0 radical (unpaired) electrons. The predicted octanol–water partition coefficient (Wildman–Crippen LogP) is 2.85. The molecule has 2 fully saturated rings. The van der Waals surface area contributed by atoms with E-state index in [-0.39, 0.29) is 53.4 Å². The van der Waals surface area contributed by atoms with Gasteiger partial charge >= 0.3 is 6.61 Å². The average molecular weight is 657 g/mol. The van der Waals surface area contributed by atoms with Crippen molar-refractivity contribution in [2.45, 2.75) is 43.0 Å². The molecule has 13 nitrogen and oxygen atoms in total. The second kappa shape index (κ2) is 14.1.